The van der Waals surface area contributed by atoms with Crippen molar-refractivity contribution in [1.29, 1.82) is 0 Å². The van der Waals surface area contributed by atoms with Gasteiger partial charge in [-0.3, -0.25) is 10.1 Å². The molecule has 12 heavy (non-hydrogen) atoms. The fraction of sp³-hybridized carbons (Fsp3) is 0.250. The second-order valence-electron chi connectivity index (χ2n) is 2.65. The zero-order valence-electron chi connectivity index (χ0n) is 6.80. The first-order valence-electron chi connectivity index (χ1n) is 3.43. The average Bonchev–Trinajstić information content (AvgIpc) is 1.99. The molecule has 3 nitrogen and oxygen atoms in total. The van der Waals surface area contributed by atoms with Crippen molar-refractivity contribution in [2.45, 2.75) is 13.8 Å². The van der Waals surface area contributed by atoms with Crippen LogP contribution < -0.4 is 0 Å². The van der Waals surface area contributed by atoms with Crippen LogP contribution in [0.15, 0.2) is 12.1 Å². The van der Waals surface area contributed by atoms with E-state index in [0.717, 1.165) is 11.1 Å². The van der Waals surface area contributed by atoms with Gasteiger partial charge >= 0.3 is 0 Å². The molecular weight excluding hydrogens is 178 g/mol. The van der Waals surface area contributed by atoms with Crippen molar-refractivity contribution in [3.8, 4) is 0 Å². The third-order valence-corrected chi connectivity index (χ3v) is 2.23. The molecule has 0 heterocycles. The van der Waals surface area contributed by atoms with Gasteiger partial charge in [0, 0.05) is 17.2 Å². The van der Waals surface area contributed by atoms with Gasteiger partial charge in [0.1, 0.15) is 0 Å². The third-order valence-electron chi connectivity index (χ3n) is 1.63. The van der Waals surface area contributed by atoms with Gasteiger partial charge in [0.25, 0.3) is 5.69 Å². The summed E-state index contributed by atoms with van der Waals surface area (Å²) in [6.07, 6.45) is 0. The molecular formula is C8H8ClNO2. The molecule has 0 aliphatic heterocycles. The number of halogens is 1. The van der Waals surface area contributed by atoms with Gasteiger partial charge in [-0.1, -0.05) is 11.6 Å². The monoisotopic (exact) mass is 185 g/mol. The van der Waals surface area contributed by atoms with E-state index in [-0.39, 0.29) is 5.69 Å². The summed E-state index contributed by atoms with van der Waals surface area (Å²) in [6, 6.07) is 2.94. The summed E-state index contributed by atoms with van der Waals surface area (Å²) in [5.74, 6) is 0. The quantitative estimate of drug-likeness (QED) is 0.499. The molecule has 0 bridgehead atoms. The summed E-state index contributed by atoms with van der Waals surface area (Å²) in [5, 5.41) is 11.0. The van der Waals surface area contributed by atoms with E-state index in [1.54, 1.807) is 13.8 Å². The summed E-state index contributed by atoms with van der Waals surface area (Å²) in [6.45, 7) is 3.50. The molecule has 1 aromatic carbocycles. The van der Waals surface area contributed by atoms with E-state index in [0.29, 0.717) is 5.02 Å². The van der Waals surface area contributed by atoms with Gasteiger partial charge < -0.3 is 0 Å². The Kier molecular flexibility index (Phi) is 2.33. The molecule has 0 radical (unpaired) electrons. The number of non-ortho nitro benzene ring substituents is 1. The van der Waals surface area contributed by atoms with Crippen LogP contribution in [0.2, 0.25) is 5.02 Å². The van der Waals surface area contributed by atoms with Crippen LogP contribution in [0.5, 0.6) is 0 Å². The lowest BCUT2D eigenvalue weighted by Crippen LogP contribution is -1.90. The van der Waals surface area contributed by atoms with Crippen molar-refractivity contribution in [3.05, 3.63) is 38.4 Å². The van der Waals surface area contributed by atoms with E-state index < -0.39 is 4.92 Å². The summed E-state index contributed by atoms with van der Waals surface area (Å²) in [5.41, 5.74) is 1.57. The molecule has 0 amide bonds. The molecule has 64 valence electrons. The minimum absolute atomic E-state index is 0.0920. The maximum atomic E-state index is 10.4. The lowest BCUT2D eigenvalue weighted by atomic mass is 10.1. The van der Waals surface area contributed by atoms with Crippen LogP contribution in [0.25, 0.3) is 0 Å². The fourth-order valence-electron chi connectivity index (χ4n) is 1.03. The number of hydrogen-bond acceptors (Lipinski definition) is 2. The van der Waals surface area contributed by atoms with E-state index in [2.05, 4.69) is 0 Å². The summed E-state index contributed by atoms with van der Waals surface area (Å²) >= 11 is 5.83. The van der Waals surface area contributed by atoms with Crippen LogP contribution in [-0.2, 0) is 0 Å². The average molecular weight is 186 g/mol. The Morgan fingerprint density at radius 2 is 1.75 bits per heavy atom. The topological polar surface area (TPSA) is 43.1 Å². The Bertz CT molecular complexity index is 313. The minimum Gasteiger partial charge on any atom is -0.258 e. The Hall–Kier alpha value is -1.09. The van der Waals surface area contributed by atoms with Crippen molar-refractivity contribution >= 4 is 17.3 Å². The Balaban J connectivity index is 3.31. The molecule has 0 fully saturated rings. The smallest absolute Gasteiger partial charge is 0.258 e. The number of hydrogen-bond donors (Lipinski definition) is 0. The van der Waals surface area contributed by atoms with E-state index in [1.807, 2.05) is 0 Å². The Morgan fingerprint density at radius 3 is 2.08 bits per heavy atom. The molecule has 1 aromatic rings. The van der Waals surface area contributed by atoms with Crippen LogP contribution in [0.1, 0.15) is 11.1 Å². The van der Waals surface area contributed by atoms with Crippen LogP contribution in [0.3, 0.4) is 0 Å². The number of nitro benzene ring substituents is 1. The van der Waals surface area contributed by atoms with Gasteiger partial charge in [0.2, 0.25) is 0 Å². The fourth-order valence-corrected chi connectivity index (χ4v) is 1.14. The van der Waals surface area contributed by atoms with Crippen molar-refractivity contribution < 1.29 is 4.92 Å². The molecule has 1 rings (SSSR count). The van der Waals surface area contributed by atoms with Gasteiger partial charge in [-0.25, -0.2) is 0 Å². The van der Waals surface area contributed by atoms with Crippen LogP contribution >= 0.6 is 11.6 Å². The highest BCUT2D eigenvalue weighted by molar-refractivity contribution is 6.32. The lowest BCUT2D eigenvalue weighted by molar-refractivity contribution is -0.384. The second kappa shape index (κ2) is 3.11. The second-order valence-corrected chi connectivity index (χ2v) is 3.03. The molecule has 0 aliphatic rings. The standard InChI is InChI=1S/C8H8ClNO2/c1-5-3-7(10(11)12)4-6(2)8(5)9/h3-4H,1-2H3. The molecule has 0 spiro atoms. The van der Waals surface area contributed by atoms with Crippen molar-refractivity contribution in [3.63, 3.8) is 0 Å². The van der Waals surface area contributed by atoms with Crippen LogP contribution in [0, 0.1) is 24.0 Å². The molecule has 0 atom stereocenters. The maximum absolute atomic E-state index is 10.4. The zero-order chi connectivity index (χ0) is 9.30. The van der Waals surface area contributed by atoms with Gasteiger partial charge in [-0.05, 0) is 25.0 Å². The Morgan fingerprint density at radius 1 is 1.33 bits per heavy atom. The van der Waals surface area contributed by atoms with Gasteiger partial charge in [0.15, 0.2) is 0 Å². The molecule has 4 heteroatoms. The molecule has 0 N–H and O–H groups in total. The number of benzene rings is 1. The predicted molar refractivity (Wildman–Crippen MR) is 47.6 cm³/mol. The first-order chi connectivity index (χ1) is 5.52. The first kappa shape index (κ1) is 9.00. The molecule has 0 aromatic heterocycles. The van der Waals surface area contributed by atoms with Crippen LogP contribution in [0.4, 0.5) is 5.69 Å². The van der Waals surface area contributed by atoms with Gasteiger partial charge in [-0.2, -0.15) is 0 Å². The molecule has 0 saturated heterocycles. The molecule has 0 aliphatic carbocycles. The zero-order valence-corrected chi connectivity index (χ0v) is 7.55. The third kappa shape index (κ3) is 1.56. The van der Waals surface area contributed by atoms with E-state index in [9.17, 15) is 10.1 Å². The molecule has 0 saturated carbocycles. The van der Waals surface area contributed by atoms with Gasteiger partial charge in [0.05, 0.1) is 4.92 Å². The maximum Gasteiger partial charge on any atom is 0.270 e. The van der Waals surface area contributed by atoms with E-state index in [4.69, 9.17) is 11.6 Å². The highest BCUT2D eigenvalue weighted by Crippen LogP contribution is 2.25. The highest BCUT2D eigenvalue weighted by Gasteiger charge is 2.09. The molecule has 0 unspecified atom stereocenters. The van der Waals surface area contributed by atoms with Crippen molar-refractivity contribution in [2.24, 2.45) is 0 Å². The van der Waals surface area contributed by atoms with Crippen molar-refractivity contribution in [2.75, 3.05) is 0 Å². The van der Waals surface area contributed by atoms with E-state index in [1.165, 1.54) is 12.1 Å². The summed E-state index contributed by atoms with van der Waals surface area (Å²) in [7, 11) is 0. The van der Waals surface area contributed by atoms with Crippen molar-refractivity contribution in [1.82, 2.24) is 0 Å². The first-order valence-corrected chi connectivity index (χ1v) is 3.81. The minimum atomic E-state index is -0.420. The van der Waals surface area contributed by atoms with Crippen LogP contribution in [-0.4, -0.2) is 4.92 Å². The summed E-state index contributed by atoms with van der Waals surface area (Å²) < 4.78 is 0. The largest absolute Gasteiger partial charge is 0.270 e. The normalized spacial score (nSPS) is 9.92. The SMILES string of the molecule is Cc1cc([N+](=O)[O-])cc(C)c1Cl. The summed E-state index contributed by atoms with van der Waals surface area (Å²) in [4.78, 5) is 9.96. The number of nitro groups is 1. The number of rotatable bonds is 1. The number of aryl methyl sites for hydroxylation is 2. The number of nitrogens with zero attached hydrogens (tertiary/aromatic N) is 1. The lowest BCUT2D eigenvalue weighted by Gasteiger charge is -2.00. The Labute approximate surface area is 75.1 Å². The van der Waals surface area contributed by atoms with Gasteiger partial charge in [-0.15, -0.1) is 0 Å². The predicted octanol–water partition coefficient (Wildman–Crippen LogP) is 2.87. The highest BCUT2D eigenvalue weighted by atomic mass is 35.5. The van der Waals surface area contributed by atoms with E-state index >= 15 is 0 Å².